The summed E-state index contributed by atoms with van der Waals surface area (Å²) in [5.74, 6) is 0.202. The van der Waals surface area contributed by atoms with Crippen molar-refractivity contribution >= 4 is 23.2 Å². The fourth-order valence-corrected chi connectivity index (χ4v) is 2.75. The minimum Gasteiger partial charge on any atom is -0.480 e. The molecule has 2 aromatic rings. The Kier molecular flexibility index (Phi) is 7.73. The molecule has 8 heteroatoms. The first-order valence-corrected chi connectivity index (χ1v) is 9.47. The van der Waals surface area contributed by atoms with Gasteiger partial charge in [0.05, 0.1) is 6.61 Å². The van der Waals surface area contributed by atoms with Crippen molar-refractivity contribution in [3.63, 3.8) is 0 Å². The Morgan fingerprint density at radius 3 is 2.10 bits per heavy atom. The largest absolute Gasteiger partial charge is 0.480 e. The first-order valence-electron chi connectivity index (χ1n) is 9.09. The van der Waals surface area contributed by atoms with E-state index < -0.39 is 10.7 Å². The molecule has 29 heavy (non-hydrogen) atoms. The van der Waals surface area contributed by atoms with Gasteiger partial charge in [-0.05, 0) is 75.2 Å². The minimum atomic E-state index is -1.06. The molecule has 0 unspecified atom stereocenters. The van der Waals surface area contributed by atoms with Crippen LogP contribution in [0.15, 0.2) is 48.5 Å². The highest BCUT2D eigenvalue weighted by Gasteiger charge is 2.29. The molecule has 0 aliphatic heterocycles. The normalized spacial score (nSPS) is 11.0. The lowest BCUT2D eigenvalue weighted by Gasteiger charge is -2.25. The van der Waals surface area contributed by atoms with E-state index in [4.69, 9.17) is 16.3 Å². The molecule has 0 radical (unpaired) electrons. The molecule has 0 amide bonds. The molecule has 0 atom stereocenters. The van der Waals surface area contributed by atoms with E-state index in [2.05, 4.69) is 4.84 Å². The van der Waals surface area contributed by atoms with Crippen LogP contribution < -0.4 is 4.74 Å². The second-order valence-electron chi connectivity index (χ2n) is 6.91. The van der Waals surface area contributed by atoms with Crippen LogP contribution in [0.4, 0.5) is 0 Å². The van der Waals surface area contributed by atoms with E-state index in [1.54, 1.807) is 62.4 Å². The molecule has 0 saturated carbocycles. The van der Waals surface area contributed by atoms with Crippen LogP contribution >= 0.6 is 11.6 Å². The number of benzene rings is 2. The number of hydrogen-bond acceptors (Lipinski definition) is 6. The third-order valence-electron chi connectivity index (χ3n) is 4.26. The summed E-state index contributed by atoms with van der Waals surface area (Å²) in [5.41, 5.74) is -0.0414. The van der Waals surface area contributed by atoms with Gasteiger partial charge in [0.25, 0.3) is 5.09 Å². The Bertz CT molecular complexity index is 862. The third-order valence-corrected chi connectivity index (χ3v) is 4.51. The summed E-state index contributed by atoms with van der Waals surface area (Å²) >= 11 is 5.84. The summed E-state index contributed by atoms with van der Waals surface area (Å²) in [6.45, 7) is 3.29. The Morgan fingerprint density at radius 2 is 1.55 bits per heavy atom. The predicted octanol–water partition coefficient (Wildman–Crippen LogP) is 4.68. The van der Waals surface area contributed by atoms with Crippen LogP contribution in [0.5, 0.6) is 5.75 Å². The van der Waals surface area contributed by atoms with Crippen LogP contribution in [0.3, 0.4) is 0 Å². The number of unbranched alkanes of at least 4 members (excludes halogenated alkanes) is 1. The number of Topliss-reactive ketones (excluding diaryl/α,β-unsaturated/α-hetero) is 1. The Morgan fingerprint density at radius 1 is 1.00 bits per heavy atom. The van der Waals surface area contributed by atoms with Crippen LogP contribution in [0, 0.1) is 10.1 Å². The van der Waals surface area contributed by atoms with Gasteiger partial charge in [0, 0.05) is 22.6 Å². The number of carbonyl (C=O) groups is 2. The Labute approximate surface area is 173 Å². The van der Waals surface area contributed by atoms with Gasteiger partial charge >= 0.3 is 0 Å². The van der Waals surface area contributed by atoms with Gasteiger partial charge in [-0.1, -0.05) is 11.6 Å². The first-order chi connectivity index (χ1) is 13.7. The summed E-state index contributed by atoms with van der Waals surface area (Å²) < 4.78 is 5.80. The van der Waals surface area contributed by atoms with Crippen LogP contribution in [0.25, 0.3) is 0 Å². The fourth-order valence-electron chi connectivity index (χ4n) is 2.62. The zero-order valence-electron chi connectivity index (χ0n) is 16.2. The van der Waals surface area contributed by atoms with Crippen molar-refractivity contribution in [1.82, 2.24) is 0 Å². The van der Waals surface area contributed by atoms with Crippen molar-refractivity contribution in [2.45, 2.75) is 38.7 Å². The summed E-state index contributed by atoms with van der Waals surface area (Å²) in [5, 5.41) is 9.80. The number of nitrogens with zero attached hydrogens (tertiary/aromatic N) is 1. The van der Waals surface area contributed by atoms with E-state index in [0.29, 0.717) is 34.7 Å². The van der Waals surface area contributed by atoms with Gasteiger partial charge in [0.15, 0.2) is 17.2 Å². The van der Waals surface area contributed by atoms with E-state index in [1.807, 2.05) is 0 Å². The van der Waals surface area contributed by atoms with E-state index in [0.717, 1.165) is 0 Å². The van der Waals surface area contributed by atoms with Crippen molar-refractivity contribution in [2.75, 3.05) is 6.61 Å². The molecule has 0 fully saturated rings. The highest BCUT2D eigenvalue weighted by molar-refractivity contribution is 6.30. The van der Waals surface area contributed by atoms with Gasteiger partial charge in [-0.15, -0.1) is 10.1 Å². The fraction of sp³-hybridized carbons (Fsp3) is 0.333. The maximum absolute atomic E-state index is 12.5. The second kappa shape index (κ2) is 10.0. The molecule has 2 rings (SSSR count). The number of carbonyl (C=O) groups excluding carboxylic acids is 2. The maximum atomic E-state index is 12.5. The first kappa shape index (κ1) is 22.4. The molecule has 154 valence electrons. The van der Waals surface area contributed by atoms with E-state index in [-0.39, 0.29) is 24.6 Å². The van der Waals surface area contributed by atoms with Crippen LogP contribution in [0.2, 0.25) is 5.02 Å². The van der Waals surface area contributed by atoms with Gasteiger partial charge in [-0.2, -0.15) is 0 Å². The van der Waals surface area contributed by atoms with Crippen LogP contribution in [-0.4, -0.2) is 28.9 Å². The molecule has 0 aliphatic carbocycles. The Balaban J connectivity index is 1.91. The SMILES string of the molecule is CC(C)(Oc1ccc(C(=O)c2ccc(Cl)cc2)cc1)C(=O)CCCCO[N+](=O)[O-]. The molecule has 0 spiro atoms. The monoisotopic (exact) mass is 419 g/mol. The smallest absolute Gasteiger partial charge is 0.294 e. The number of rotatable bonds is 11. The highest BCUT2D eigenvalue weighted by Crippen LogP contribution is 2.23. The second-order valence-corrected chi connectivity index (χ2v) is 7.35. The van der Waals surface area contributed by atoms with Gasteiger partial charge in [0.1, 0.15) is 5.75 Å². The standard InChI is InChI=1S/C21H22ClNO6/c1-21(2,19(24)5-3-4-14-28-23(26)27)29-18-12-8-16(9-13-18)20(25)15-6-10-17(22)11-7-15/h6-13H,3-5,14H2,1-2H3. The van der Waals surface area contributed by atoms with Gasteiger partial charge in [-0.3, -0.25) is 9.59 Å². The van der Waals surface area contributed by atoms with E-state index in [1.165, 1.54) is 0 Å². The highest BCUT2D eigenvalue weighted by atomic mass is 35.5. The maximum Gasteiger partial charge on any atom is 0.294 e. The Hall–Kier alpha value is -2.93. The summed E-state index contributed by atoms with van der Waals surface area (Å²) in [7, 11) is 0. The third kappa shape index (κ3) is 6.87. The van der Waals surface area contributed by atoms with Crippen LogP contribution in [-0.2, 0) is 9.63 Å². The summed E-state index contributed by atoms with van der Waals surface area (Å²) in [6.07, 6.45) is 1.10. The number of halogens is 1. The van der Waals surface area contributed by atoms with Crippen LogP contribution in [0.1, 0.15) is 49.0 Å². The number of ether oxygens (including phenoxy) is 1. The van der Waals surface area contributed by atoms with E-state index >= 15 is 0 Å². The van der Waals surface area contributed by atoms with Gasteiger partial charge in [0.2, 0.25) is 0 Å². The number of ketones is 2. The average molecular weight is 420 g/mol. The molecule has 2 aromatic carbocycles. The lowest BCUT2D eigenvalue weighted by molar-refractivity contribution is -0.757. The lowest BCUT2D eigenvalue weighted by Crippen LogP contribution is -2.38. The van der Waals surface area contributed by atoms with Gasteiger partial charge in [-0.25, -0.2) is 0 Å². The quantitative estimate of drug-likeness (QED) is 0.227. The predicted molar refractivity (Wildman–Crippen MR) is 108 cm³/mol. The molecule has 0 saturated heterocycles. The molecule has 0 aromatic heterocycles. The zero-order chi connectivity index (χ0) is 21.4. The minimum absolute atomic E-state index is 0.0370. The molecular formula is C21H22ClNO6. The van der Waals surface area contributed by atoms with Gasteiger partial charge < -0.3 is 9.57 Å². The molecule has 0 N–H and O–H groups in total. The molecule has 0 bridgehead atoms. The topological polar surface area (TPSA) is 95.7 Å². The lowest BCUT2D eigenvalue weighted by atomic mass is 9.98. The molecule has 0 heterocycles. The van der Waals surface area contributed by atoms with Crippen molar-refractivity contribution < 1.29 is 24.3 Å². The molecule has 0 aliphatic rings. The average Bonchev–Trinajstić information content (AvgIpc) is 2.67. The van der Waals surface area contributed by atoms with Crippen molar-refractivity contribution in [1.29, 1.82) is 0 Å². The van der Waals surface area contributed by atoms with E-state index in [9.17, 15) is 19.7 Å². The molecule has 7 nitrogen and oxygen atoms in total. The zero-order valence-corrected chi connectivity index (χ0v) is 17.0. The number of hydrogen-bond donors (Lipinski definition) is 0. The molecular weight excluding hydrogens is 398 g/mol. The van der Waals surface area contributed by atoms with Crippen molar-refractivity contribution in [3.05, 3.63) is 74.8 Å². The van der Waals surface area contributed by atoms with Crippen molar-refractivity contribution in [2.24, 2.45) is 0 Å². The summed E-state index contributed by atoms with van der Waals surface area (Å²) in [4.78, 5) is 39.2. The summed E-state index contributed by atoms with van der Waals surface area (Å²) in [6, 6.07) is 13.2. The van der Waals surface area contributed by atoms with Crippen molar-refractivity contribution in [3.8, 4) is 5.75 Å².